The molecule has 7 rings (SSSR count). The second kappa shape index (κ2) is 19.0. The molecule has 4 aromatic rings. The van der Waals surface area contributed by atoms with Crippen LogP contribution in [0.5, 0.6) is 34.5 Å². The van der Waals surface area contributed by atoms with Gasteiger partial charge in [-0.3, -0.25) is 4.90 Å². The lowest BCUT2D eigenvalue weighted by atomic mass is 9.96. The van der Waals surface area contributed by atoms with Gasteiger partial charge in [0.15, 0.2) is 23.0 Å². The van der Waals surface area contributed by atoms with Gasteiger partial charge in [0.05, 0.1) is 42.7 Å². The van der Waals surface area contributed by atoms with Crippen LogP contribution in [-0.4, -0.2) is 79.8 Å². The van der Waals surface area contributed by atoms with Gasteiger partial charge in [0.1, 0.15) is 5.75 Å². The van der Waals surface area contributed by atoms with Crippen LogP contribution in [0.2, 0.25) is 0 Å². The van der Waals surface area contributed by atoms with Crippen molar-refractivity contribution in [2.75, 3.05) is 73.7 Å². The Bertz CT molecular complexity index is 1970. The summed E-state index contributed by atoms with van der Waals surface area (Å²) in [5, 5.41) is 3.50. The standard InChI is InChI=1S/C45H53N3O6.C2H6/c1-49-39-12-8-11-38(25-39)48(29-30-9-7-10-33(19-30)34-21-40(32-13-14-32)44(53-5)41(22-34)50-2)37-15-17-47(18-16-37)28-31-20-36(27-46-26-31)35-23-42(51-3)45(54-6)43(24-35)52-4;1-2/h7-12,19-25,27,32,37,46H,13-18,26,28-29H2,1-6H3;1-2H3. The van der Waals surface area contributed by atoms with Crippen LogP contribution in [0.1, 0.15) is 62.1 Å². The molecule has 0 unspecified atom stereocenters. The smallest absolute Gasteiger partial charge is 0.203 e. The lowest BCUT2D eigenvalue weighted by Crippen LogP contribution is -2.45. The second-order valence-electron chi connectivity index (χ2n) is 14.3. The van der Waals surface area contributed by atoms with Crippen molar-refractivity contribution in [3.8, 4) is 45.6 Å². The summed E-state index contributed by atoms with van der Waals surface area (Å²) in [6.45, 7) is 8.56. The number of hydrogen-bond acceptors (Lipinski definition) is 9. The Hall–Kier alpha value is -5.28. The fraction of sp³-hybridized carbons (Fsp3) is 0.404. The summed E-state index contributed by atoms with van der Waals surface area (Å²) in [6, 6.07) is 26.3. The molecule has 0 amide bonds. The zero-order valence-corrected chi connectivity index (χ0v) is 34.4. The number of methoxy groups -OCH3 is 6. The van der Waals surface area contributed by atoms with E-state index in [9.17, 15) is 0 Å². The van der Waals surface area contributed by atoms with Crippen molar-refractivity contribution in [2.45, 2.75) is 58.0 Å². The molecule has 298 valence electrons. The number of hydrogen-bond donors (Lipinski definition) is 1. The highest BCUT2D eigenvalue weighted by Crippen LogP contribution is 2.49. The predicted octanol–water partition coefficient (Wildman–Crippen LogP) is 9.35. The molecule has 0 aromatic heterocycles. The minimum atomic E-state index is 0.382. The molecular weight excluding hydrogens is 703 g/mol. The van der Waals surface area contributed by atoms with E-state index in [-0.39, 0.29) is 0 Å². The van der Waals surface area contributed by atoms with E-state index in [2.05, 4.69) is 82.0 Å². The van der Waals surface area contributed by atoms with Crippen molar-refractivity contribution in [1.82, 2.24) is 10.2 Å². The highest BCUT2D eigenvalue weighted by molar-refractivity contribution is 5.78. The second-order valence-corrected chi connectivity index (χ2v) is 14.3. The van der Waals surface area contributed by atoms with Crippen molar-refractivity contribution < 1.29 is 28.4 Å². The fourth-order valence-electron chi connectivity index (χ4n) is 7.92. The molecule has 9 heteroatoms. The first-order valence-electron chi connectivity index (χ1n) is 19.9. The van der Waals surface area contributed by atoms with Crippen molar-refractivity contribution >= 4 is 11.3 Å². The van der Waals surface area contributed by atoms with Gasteiger partial charge in [0, 0.05) is 62.3 Å². The Kier molecular flexibility index (Phi) is 13.7. The molecule has 1 saturated carbocycles. The lowest BCUT2D eigenvalue weighted by molar-refractivity contribution is 0.222. The summed E-state index contributed by atoms with van der Waals surface area (Å²) in [4.78, 5) is 5.16. The summed E-state index contributed by atoms with van der Waals surface area (Å²) in [5.41, 5.74) is 9.49. The molecule has 9 nitrogen and oxygen atoms in total. The lowest BCUT2D eigenvalue weighted by Gasteiger charge is -2.40. The predicted molar refractivity (Wildman–Crippen MR) is 227 cm³/mol. The molecule has 56 heavy (non-hydrogen) atoms. The van der Waals surface area contributed by atoms with Crippen LogP contribution < -0.4 is 38.6 Å². The van der Waals surface area contributed by atoms with Gasteiger partial charge in [-0.15, -0.1) is 0 Å². The molecule has 1 N–H and O–H groups in total. The van der Waals surface area contributed by atoms with Gasteiger partial charge in [-0.05, 0) is 107 Å². The monoisotopic (exact) mass is 761 g/mol. The molecule has 1 saturated heterocycles. The number of anilines is 1. The molecular formula is C47H59N3O6. The fourth-order valence-corrected chi connectivity index (χ4v) is 7.92. The van der Waals surface area contributed by atoms with Gasteiger partial charge < -0.3 is 38.6 Å². The molecule has 2 aliphatic heterocycles. The third-order valence-electron chi connectivity index (χ3n) is 10.9. The van der Waals surface area contributed by atoms with E-state index in [1.54, 1.807) is 42.7 Å². The number of rotatable bonds is 15. The van der Waals surface area contributed by atoms with Crippen molar-refractivity contribution in [1.29, 1.82) is 0 Å². The van der Waals surface area contributed by atoms with E-state index in [0.717, 1.165) is 79.5 Å². The summed E-state index contributed by atoms with van der Waals surface area (Å²) >= 11 is 0. The van der Waals surface area contributed by atoms with Gasteiger partial charge >= 0.3 is 0 Å². The minimum Gasteiger partial charge on any atom is -0.497 e. The topological polar surface area (TPSA) is 73.9 Å². The zero-order chi connectivity index (χ0) is 39.6. The molecule has 3 aliphatic rings. The Balaban J connectivity index is 0.00000262. The third kappa shape index (κ3) is 9.22. The molecule has 0 radical (unpaired) electrons. The van der Waals surface area contributed by atoms with Crippen LogP contribution in [-0.2, 0) is 6.54 Å². The van der Waals surface area contributed by atoms with Crippen LogP contribution in [0.15, 0.2) is 90.6 Å². The van der Waals surface area contributed by atoms with Crippen LogP contribution in [0, 0.1) is 0 Å². The summed E-state index contributed by atoms with van der Waals surface area (Å²) in [5.74, 6) is 4.95. The van der Waals surface area contributed by atoms with E-state index in [4.69, 9.17) is 28.4 Å². The molecule has 2 heterocycles. The van der Waals surface area contributed by atoms with E-state index in [1.807, 2.05) is 32.0 Å². The van der Waals surface area contributed by atoms with Gasteiger partial charge in [-0.1, -0.05) is 44.2 Å². The average molecular weight is 762 g/mol. The Morgan fingerprint density at radius 3 is 1.96 bits per heavy atom. The maximum absolute atomic E-state index is 5.81. The molecule has 0 atom stereocenters. The van der Waals surface area contributed by atoms with Crippen LogP contribution in [0.25, 0.3) is 16.7 Å². The zero-order valence-electron chi connectivity index (χ0n) is 34.4. The van der Waals surface area contributed by atoms with Crippen LogP contribution >= 0.6 is 0 Å². The van der Waals surface area contributed by atoms with Crippen LogP contribution in [0.3, 0.4) is 0 Å². The van der Waals surface area contributed by atoms with Crippen molar-refractivity contribution in [3.63, 3.8) is 0 Å². The Morgan fingerprint density at radius 2 is 1.32 bits per heavy atom. The van der Waals surface area contributed by atoms with Crippen molar-refractivity contribution in [3.05, 3.63) is 107 Å². The first-order chi connectivity index (χ1) is 27.4. The number of allylic oxidation sites excluding steroid dienone is 2. The molecule has 4 aromatic carbocycles. The quantitative estimate of drug-likeness (QED) is 0.128. The maximum Gasteiger partial charge on any atom is 0.203 e. The first-order valence-corrected chi connectivity index (χ1v) is 19.9. The highest BCUT2D eigenvalue weighted by atomic mass is 16.5. The van der Waals surface area contributed by atoms with E-state index in [0.29, 0.717) is 29.2 Å². The Morgan fingerprint density at radius 1 is 0.661 bits per heavy atom. The van der Waals surface area contributed by atoms with Crippen LogP contribution in [0.4, 0.5) is 5.69 Å². The van der Waals surface area contributed by atoms with Gasteiger partial charge in [-0.2, -0.15) is 0 Å². The molecule has 0 spiro atoms. The minimum absolute atomic E-state index is 0.382. The average Bonchev–Trinajstić information content (AvgIpc) is 4.12. The number of nitrogens with zero attached hydrogens (tertiary/aromatic N) is 2. The molecule has 1 aliphatic carbocycles. The molecule has 0 bridgehead atoms. The van der Waals surface area contributed by atoms with Gasteiger partial charge in [0.2, 0.25) is 5.75 Å². The number of likely N-dealkylation sites (tertiary alicyclic amines) is 1. The SMILES string of the molecule is CC.COc1cccc(N(Cc2cccc(-c3cc(OC)c(OC)c(C4CC4)c3)c2)C2CCN(CC3=CC(c4cc(OC)c(OC)c(OC)c4)=CNC3)CC2)c1. The number of benzene rings is 4. The third-order valence-corrected chi connectivity index (χ3v) is 10.9. The van der Waals surface area contributed by atoms with E-state index >= 15 is 0 Å². The number of piperidine rings is 1. The maximum atomic E-state index is 5.81. The summed E-state index contributed by atoms with van der Waals surface area (Å²) in [6.07, 6.45) is 8.87. The van der Waals surface area contributed by atoms with Crippen molar-refractivity contribution in [2.24, 2.45) is 0 Å². The van der Waals surface area contributed by atoms with Gasteiger partial charge in [-0.25, -0.2) is 0 Å². The number of ether oxygens (including phenoxy) is 6. The first kappa shape index (κ1) is 40.4. The Labute approximate surface area is 333 Å². The molecule has 2 fully saturated rings. The van der Waals surface area contributed by atoms with E-state index in [1.165, 1.54) is 40.8 Å². The number of dihydropyridines is 1. The van der Waals surface area contributed by atoms with E-state index < -0.39 is 0 Å². The largest absolute Gasteiger partial charge is 0.497 e. The number of nitrogens with one attached hydrogen (secondary N) is 1. The summed E-state index contributed by atoms with van der Waals surface area (Å²) in [7, 11) is 10.1. The van der Waals surface area contributed by atoms with Gasteiger partial charge in [0.25, 0.3) is 0 Å². The highest BCUT2D eigenvalue weighted by Gasteiger charge is 2.30. The normalized spacial score (nSPS) is 15.6. The summed E-state index contributed by atoms with van der Waals surface area (Å²) < 4.78 is 34.1.